The molecule has 1 heterocycles. The van der Waals surface area contributed by atoms with Crippen molar-refractivity contribution in [2.24, 2.45) is 11.8 Å². The molecule has 1 fully saturated rings. The molecule has 2 nitrogen and oxygen atoms in total. The average Bonchev–Trinajstić information content (AvgIpc) is 2.70. The van der Waals surface area contributed by atoms with E-state index in [-0.39, 0.29) is 0 Å². The minimum atomic E-state index is 0.426. The highest BCUT2D eigenvalue weighted by atomic mass is 79.9. The molecule has 0 bridgehead atoms. The number of hydrogen-bond donors (Lipinski definition) is 0. The SMILES string of the molecule is CC1COc2ccc(C(Br)CC3CCCCC3)cc2OC1. The molecule has 116 valence electrons. The van der Waals surface area contributed by atoms with Crippen LogP contribution < -0.4 is 9.47 Å². The van der Waals surface area contributed by atoms with Gasteiger partial charge in [0.1, 0.15) is 0 Å². The van der Waals surface area contributed by atoms with E-state index in [1.54, 1.807) is 0 Å². The molecular weight excluding hydrogens is 328 g/mol. The van der Waals surface area contributed by atoms with Crippen molar-refractivity contribution in [3.8, 4) is 11.5 Å². The average molecular weight is 353 g/mol. The summed E-state index contributed by atoms with van der Waals surface area (Å²) < 4.78 is 11.7. The van der Waals surface area contributed by atoms with Gasteiger partial charge in [0.25, 0.3) is 0 Å². The van der Waals surface area contributed by atoms with Crippen LogP contribution >= 0.6 is 15.9 Å². The van der Waals surface area contributed by atoms with E-state index in [9.17, 15) is 0 Å². The zero-order valence-corrected chi connectivity index (χ0v) is 14.4. The Morgan fingerprint density at radius 2 is 1.81 bits per heavy atom. The molecule has 2 unspecified atom stereocenters. The Bertz CT molecular complexity index is 468. The smallest absolute Gasteiger partial charge is 0.161 e. The Hall–Kier alpha value is -0.700. The molecule has 1 aliphatic heterocycles. The van der Waals surface area contributed by atoms with Gasteiger partial charge < -0.3 is 9.47 Å². The summed E-state index contributed by atoms with van der Waals surface area (Å²) in [5.41, 5.74) is 1.32. The van der Waals surface area contributed by atoms with E-state index in [1.807, 2.05) is 0 Å². The first-order valence-electron chi connectivity index (χ1n) is 8.26. The van der Waals surface area contributed by atoms with Gasteiger partial charge in [0.2, 0.25) is 0 Å². The third-order valence-corrected chi connectivity index (χ3v) is 5.54. The third-order valence-electron chi connectivity index (χ3n) is 4.64. The van der Waals surface area contributed by atoms with Crippen molar-refractivity contribution >= 4 is 15.9 Å². The zero-order valence-electron chi connectivity index (χ0n) is 12.8. The number of halogens is 1. The fourth-order valence-electron chi connectivity index (χ4n) is 3.32. The lowest BCUT2D eigenvalue weighted by Gasteiger charge is -2.24. The van der Waals surface area contributed by atoms with Gasteiger partial charge >= 0.3 is 0 Å². The Labute approximate surface area is 136 Å². The molecule has 0 amide bonds. The van der Waals surface area contributed by atoms with Crippen LogP contribution in [-0.4, -0.2) is 13.2 Å². The van der Waals surface area contributed by atoms with Crippen molar-refractivity contribution in [1.82, 2.24) is 0 Å². The van der Waals surface area contributed by atoms with E-state index in [1.165, 1.54) is 44.1 Å². The first-order chi connectivity index (χ1) is 10.2. The van der Waals surface area contributed by atoms with Crippen LogP contribution in [-0.2, 0) is 0 Å². The summed E-state index contributed by atoms with van der Waals surface area (Å²) in [6, 6.07) is 6.41. The van der Waals surface area contributed by atoms with E-state index < -0.39 is 0 Å². The molecule has 0 saturated heterocycles. The normalized spacial score (nSPS) is 24.4. The second-order valence-corrected chi connectivity index (χ2v) is 7.75. The molecule has 1 saturated carbocycles. The molecule has 1 aromatic carbocycles. The van der Waals surface area contributed by atoms with Gasteiger partial charge in [-0.3, -0.25) is 0 Å². The Balaban J connectivity index is 1.67. The van der Waals surface area contributed by atoms with Gasteiger partial charge in [-0.15, -0.1) is 0 Å². The number of hydrogen-bond acceptors (Lipinski definition) is 2. The van der Waals surface area contributed by atoms with E-state index >= 15 is 0 Å². The van der Waals surface area contributed by atoms with Crippen LogP contribution in [0, 0.1) is 11.8 Å². The summed E-state index contributed by atoms with van der Waals surface area (Å²) in [6.07, 6.45) is 8.25. The van der Waals surface area contributed by atoms with Gasteiger partial charge in [0.05, 0.1) is 13.2 Å². The maximum atomic E-state index is 5.90. The fourth-order valence-corrected chi connectivity index (χ4v) is 4.13. The van der Waals surface area contributed by atoms with Crippen molar-refractivity contribution in [2.75, 3.05) is 13.2 Å². The standard InChI is InChI=1S/C18H25BrO2/c1-13-11-20-17-8-7-15(10-18(17)21-12-13)16(19)9-14-5-3-2-4-6-14/h7-8,10,13-14,16H,2-6,9,11-12H2,1H3. The molecule has 3 heteroatoms. The van der Waals surface area contributed by atoms with Gasteiger partial charge in [0.15, 0.2) is 11.5 Å². The van der Waals surface area contributed by atoms with Crippen molar-refractivity contribution in [1.29, 1.82) is 0 Å². The van der Waals surface area contributed by atoms with E-state index in [4.69, 9.17) is 9.47 Å². The first kappa shape index (κ1) is 15.2. The largest absolute Gasteiger partial charge is 0.489 e. The van der Waals surface area contributed by atoms with Crippen molar-refractivity contribution in [3.05, 3.63) is 23.8 Å². The van der Waals surface area contributed by atoms with E-state index in [0.717, 1.165) is 30.6 Å². The lowest BCUT2D eigenvalue weighted by molar-refractivity contribution is 0.228. The lowest BCUT2D eigenvalue weighted by Crippen LogP contribution is -2.12. The fraction of sp³-hybridized carbons (Fsp3) is 0.667. The molecule has 2 atom stereocenters. The molecule has 2 aliphatic rings. The Morgan fingerprint density at radius 3 is 2.57 bits per heavy atom. The van der Waals surface area contributed by atoms with Crippen molar-refractivity contribution < 1.29 is 9.47 Å². The Kier molecular flexibility index (Phi) is 5.10. The molecule has 3 rings (SSSR count). The van der Waals surface area contributed by atoms with Gasteiger partial charge in [-0.05, 0) is 30.0 Å². The highest BCUT2D eigenvalue weighted by Crippen LogP contribution is 2.40. The second kappa shape index (κ2) is 7.04. The predicted molar refractivity (Wildman–Crippen MR) is 89.5 cm³/mol. The minimum Gasteiger partial charge on any atom is -0.489 e. The summed E-state index contributed by atoms with van der Waals surface area (Å²) in [6.45, 7) is 3.64. The van der Waals surface area contributed by atoms with Crippen molar-refractivity contribution in [3.63, 3.8) is 0 Å². The number of alkyl halides is 1. The molecule has 0 aromatic heterocycles. The maximum Gasteiger partial charge on any atom is 0.161 e. The number of rotatable bonds is 3. The van der Waals surface area contributed by atoms with Gasteiger partial charge in [-0.2, -0.15) is 0 Å². The molecule has 0 spiro atoms. The molecule has 21 heavy (non-hydrogen) atoms. The van der Waals surface area contributed by atoms with Gasteiger partial charge in [-0.1, -0.05) is 61.0 Å². The zero-order chi connectivity index (χ0) is 14.7. The minimum absolute atomic E-state index is 0.426. The van der Waals surface area contributed by atoms with Crippen LogP contribution in [0.15, 0.2) is 18.2 Å². The summed E-state index contributed by atoms with van der Waals surface area (Å²) in [4.78, 5) is 0.426. The second-order valence-electron chi connectivity index (χ2n) is 6.64. The number of benzene rings is 1. The summed E-state index contributed by atoms with van der Waals surface area (Å²) in [5, 5.41) is 0. The molecule has 1 aromatic rings. The quantitative estimate of drug-likeness (QED) is 0.668. The summed E-state index contributed by atoms with van der Waals surface area (Å²) >= 11 is 3.88. The Morgan fingerprint density at radius 1 is 1.10 bits per heavy atom. The molecule has 0 N–H and O–H groups in total. The predicted octanol–water partition coefficient (Wildman–Crippen LogP) is 5.50. The van der Waals surface area contributed by atoms with Crippen molar-refractivity contribution in [2.45, 2.75) is 50.3 Å². The highest BCUT2D eigenvalue weighted by molar-refractivity contribution is 9.09. The van der Waals surface area contributed by atoms with Crippen LogP contribution in [0.5, 0.6) is 11.5 Å². The monoisotopic (exact) mass is 352 g/mol. The van der Waals surface area contributed by atoms with Crippen LogP contribution in [0.25, 0.3) is 0 Å². The highest BCUT2D eigenvalue weighted by Gasteiger charge is 2.21. The number of fused-ring (bicyclic) bond motifs is 1. The van der Waals surface area contributed by atoms with Crippen LogP contribution in [0.2, 0.25) is 0 Å². The lowest BCUT2D eigenvalue weighted by atomic mass is 9.85. The number of ether oxygens (including phenoxy) is 2. The third kappa shape index (κ3) is 3.94. The van der Waals surface area contributed by atoms with E-state index in [2.05, 4.69) is 41.1 Å². The first-order valence-corrected chi connectivity index (χ1v) is 9.17. The molecule has 0 radical (unpaired) electrons. The van der Waals surface area contributed by atoms with Gasteiger partial charge in [-0.25, -0.2) is 0 Å². The van der Waals surface area contributed by atoms with Gasteiger partial charge in [0, 0.05) is 10.7 Å². The van der Waals surface area contributed by atoms with E-state index in [0.29, 0.717) is 10.7 Å². The summed E-state index contributed by atoms with van der Waals surface area (Å²) in [7, 11) is 0. The molecule has 1 aliphatic carbocycles. The summed E-state index contributed by atoms with van der Waals surface area (Å²) in [5.74, 6) is 3.12. The van der Waals surface area contributed by atoms with Crippen LogP contribution in [0.1, 0.15) is 55.8 Å². The topological polar surface area (TPSA) is 18.5 Å². The van der Waals surface area contributed by atoms with Crippen LogP contribution in [0.4, 0.5) is 0 Å². The molecular formula is C18H25BrO2. The van der Waals surface area contributed by atoms with Crippen LogP contribution in [0.3, 0.4) is 0 Å². The maximum absolute atomic E-state index is 5.90.